The summed E-state index contributed by atoms with van der Waals surface area (Å²) < 4.78 is 4.70. The van der Waals surface area contributed by atoms with Crippen molar-refractivity contribution in [2.45, 2.75) is 51.6 Å². The lowest BCUT2D eigenvalue weighted by Crippen LogP contribution is -2.40. The number of hydrogen-bond donors (Lipinski definition) is 1. The Morgan fingerprint density at radius 3 is 2.73 bits per heavy atom. The first kappa shape index (κ1) is 12.5. The molecule has 0 saturated heterocycles. The summed E-state index contributed by atoms with van der Waals surface area (Å²) in [5.74, 6) is -0.0521. The van der Waals surface area contributed by atoms with Gasteiger partial charge in [-0.25, -0.2) is 0 Å². The number of rotatable bonds is 2. The second-order valence-electron chi connectivity index (χ2n) is 4.88. The highest BCUT2D eigenvalue weighted by Gasteiger charge is 2.39. The van der Waals surface area contributed by atoms with Gasteiger partial charge in [0, 0.05) is 0 Å². The predicted octanol–water partition coefficient (Wildman–Crippen LogP) is 2.13. The maximum atomic E-state index is 11.4. The third-order valence-corrected chi connectivity index (χ3v) is 3.74. The third kappa shape index (κ3) is 2.94. The Morgan fingerprint density at radius 2 is 2.13 bits per heavy atom. The van der Waals surface area contributed by atoms with Crippen molar-refractivity contribution >= 4 is 5.97 Å². The van der Waals surface area contributed by atoms with E-state index in [-0.39, 0.29) is 5.97 Å². The van der Waals surface area contributed by atoms with E-state index in [1.54, 1.807) is 6.92 Å². The molecule has 1 N–H and O–H groups in total. The van der Waals surface area contributed by atoms with E-state index in [0.717, 1.165) is 19.3 Å². The van der Waals surface area contributed by atoms with Gasteiger partial charge in [0.25, 0.3) is 0 Å². The van der Waals surface area contributed by atoms with Gasteiger partial charge in [0.05, 0.1) is 18.6 Å². The zero-order valence-corrected chi connectivity index (χ0v) is 9.95. The number of hydrogen-bond acceptors (Lipinski definition) is 3. The molecule has 0 aromatic carbocycles. The average Bonchev–Trinajstić information content (AvgIpc) is 2.40. The van der Waals surface area contributed by atoms with Gasteiger partial charge in [-0.05, 0) is 32.1 Å². The van der Waals surface area contributed by atoms with E-state index in [0.29, 0.717) is 18.8 Å². The molecule has 88 valence electrons. The summed E-state index contributed by atoms with van der Waals surface area (Å²) in [6.45, 7) is 3.97. The first-order valence-electron chi connectivity index (χ1n) is 5.80. The molecule has 0 spiro atoms. The van der Waals surface area contributed by atoms with Gasteiger partial charge in [-0.3, -0.25) is 4.79 Å². The lowest BCUT2D eigenvalue weighted by molar-refractivity contribution is -0.155. The Labute approximate surface area is 91.8 Å². The van der Waals surface area contributed by atoms with Crippen molar-refractivity contribution in [2.75, 3.05) is 7.11 Å². The quantitative estimate of drug-likeness (QED) is 0.566. The summed E-state index contributed by atoms with van der Waals surface area (Å²) in [4.78, 5) is 11.4. The van der Waals surface area contributed by atoms with Crippen molar-refractivity contribution in [3.8, 4) is 0 Å². The van der Waals surface area contributed by atoms with Crippen LogP contribution in [0.3, 0.4) is 0 Å². The summed E-state index contributed by atoms with van der Waals surface area (Å²) in [6.07, 6.45) is 4.57. The first-order valence-corrected chi connectivity index (χ1v) is 5.80. The summed E-state index contributed by atoms with van der Waals surface area (Å²) >= 11 is 0. The number of aliphatic hydroxyl groups is 1. The van der Waals surface area contributed by atoms with E-state index in [1.165, 1.54) is 7.11 Å². The van der Waals surface area contributed by atoms with E-state index in [2.05, 4.69) is 6.92 Å². The monoisotopic (exact) mass is 214 g/mol. The predicted molar refractivity (Wildman–Crippen MR) is 58.4 cm³/mol. The van der Waals surface area contributed by atoms with Gasteiger partial charge < -0.3 is 9.84 Å². The molecule has 0 bridgehead atoms. The lowest BCUT2D eigenvalue weighted by atomic mass is 9.82. The van der Waals surface area contributed by atoms with Crippen LogP contribution in [0.2, 0.25) is 0 Å². The van der Waals surface area contributed by atoms with E-state index >= 15 is 0 Å². The van der Waals surface area contributed by atoms with E-state index in [9.17, 15) is 9.90 Å². The molecule has 1 aliphatic carbocycles. The summed E-state index contributed by atoms with van der Waals surface area (Å²) in [5, 5.41) is 10.4. The molecule has 3 atom stereocenters. The fraction of sp³-hybridized carbons (Fsp3) is 0.917. The van der Waals surface area contributed by atoms with Crippen LogP contribution in [0.15, 0.2) is 0 Å². The Morgan fingerprint density at radius 1 is 1.47 bits per heavy atom. The van der Waals surface area contributed by atoms with Crippen molar-refractivity contribution in [3.05, 3.63) is 0 Å². The third-order valence-electron chi connectivity index (χ3n) is 3.74. The zero-order chi connectivity index (χ0) is 11.5. The van der Waals surface area contributed by atoms with Crippen LogP contribution in [0, 0.1) is 11.8 Å². The number of ether oxygens (including phenoxy) is 1. The van der Waals surface area contributed by atoms with E-state index in [4.69, 9.17) is 4.74 Å². The molecule has 1 saturated carbocycles. The van der Waals surface area contributed by atoms with Crippen molar-refractivity contribution in [1.82, 2.24) is 0 Å². The molecular weight excluding hydrogens is 192 g/mol. The molecular formula is C12H22O3. The highest BCUT2D eigenvalue weighted by atomic mass is 16.5. The van der Waals surface area contributed by atoms with E-state index < -0.39 is 11.5 Å². The smallest absolute Gasteiger partial charge is 0.311 e. The van der Waals surface area contributed by atoms with Crippen molar-refractivity contribution in [2.24, 2.45) is 11.8 Å². The Balaban J connectivity index is 2.67. The summed E-state index contributed by atoms with van der Waals surface area (Å²) in [6, 6.07) is 0. The van der Waals surface area contributed by atoms with Gasteiger partial charge in [0.15, 0.2) is 0 Å². The maximum Gasteiger partial charge on any atom is 0.311 e. The molecule has 3 heteroatoms. The molecule has 1 fully saturated rings. The second kappa shape index (κ2) is 4.97. The second-order valence-corrected chi connectivity index (χ2v) is 4.88. The highest BCUT2D eigenvalue weighted by molar-refractivity contribution is 5.73. The molecule has 15 heavy (non-hydrogen) atoms. The number of esters is 1. The topological polar surface area (TPSA) is 46.5 Å². The Bertz CT molecular complexity index is 227. The molecule has 0 amide bonds. The average molecular weight is 214 g/mol. The van der Waals surface area contributed by atoms with Crippen LogP contribution in [0.1, 0.15) is 46.0 Å². The van der Waals surface area contributed by atoms with Gasteiger partial charge in [0.2, 0.25) is 0 Å². The molecule has 1 rings (SSSR count). The number of methoxy groups -OCH3 is 1. The minimum Gasteiger partial charge on any atom is -0.469 e. The maximum absolute atomic E-state index is 11.4. The molecule has 3 nitrogen and oxygen atoms in total. The highest BCUT2D eigenvalue weighted by Crippen LogP contribution is 2.35. The molecule has 0 heterocycles. The van der Waals surface area contributed by atoms with Crippen molar-refractivity contribution in [3.63, 3.8) is 0 Å². The lowest BCUT2D eigenvalue weighted by Gasteiger charge is -2.31. The number of carbonyl (C=O) groups is 1. The van der Waals surface area contributed by atoms with Crippen LogP contribution in [0.4, 0.5) is 0 Å². The fourth-order valence-corrected chi connectivity index (χ4v) is 2.35. The Hall–Kier alpha value is -0.570. The number of carbonyl (C=O) groups excluding carboxylic acids is 1. The van der Waals surface area contributed by atoms with Gasteiger partial charge in [-0.2, -0.15) is 0 Å². The molecule has 0 radical (unpaired) electrons. The van der Waals surface area contributed by atoms with Gasteiger partial charge >= 0.3 is 5.97 Å². The van der Waals surface area contributed by atoms with Crippen LogP contribution < -0.4 is 0 Å². The molecule has 3 unspecified atom stereocenters. The van der Waals surface area contributed by atoms with Crippen LogP contribution in [-0.4, -0.2) is 23.8 Å². The van der Waals surface area contributed by atoms with E-state index in [1.807, 2.05) is 0 Å². The van der Waals surface area contributed by atoms with Crippen LogP contribution in [0.25, 0.3) is 0 Å². The Kier molecular flexibility index (Phi) is 4.14. The van der Waals surface area contributed by atoms with Crippen LogP contribution >= 0.6 is 0 Å². The zero-order valence-electron chi connectivity index (χ0n) is 9.95. The minimum absolute atomic E-state index is 0.299. The summed E-state index contributed by atoms with van der Waals surface area (Å²) in [5.41, 5.74) is -0.849. The molecule has 0 aromatic heterocycles. The molecule has 1 aliphatic rings. The van der Waals surface area contributed by atoms with Gasteiger partial charge in [0.1, 0.15) is 0 Å². The molecule has 0 aromatic rings. The normalized spacial score (nSPS) is 34.3. The SMILES string of the molecule is COC(=O)C(C)C1(O)CCCC(C)CC1. The summed E-state index contributed by atoms with van der Waals surface area (Å²) in [7, 11) is 1.38. The van der Waals surface area contributed by atoms with Crippen molar-refractivity contribution < 1.29 is 14.6 Å². The largest absolute Gasteiger partial charge is 0.469 e. The van der Waals surface area contributed by atoms with Crippen LogP contribution in [0.5, 0.6) is 0 Å². The van der Waals surface area contributed by atoms with Crippen LogP contribution in [-0.2, 0) is 9.53 Å². The fourth-order valence-electron chi connectivity index (χ4n) is 2.35. The first-order chi connectivity index (χ1) is 6.99. The standard InChI is InChI=1S/C12H22O3/c1-9-5-4-7-12(14,8-6-9)10(2)11(13)15-3/h9-10,14H,4-8H2,1-3H3. The molecule has 0 aliphatic heterocycles. The van der Waals surface area contributed by atoms with Gasteiger partial charge in [-0.15, -0.1) is 0 Å². The van der Waals surface area contributed by atoms with Crippen molar-refractivity contribution in [1.29, 1.82) is 0 Å². The van der Waals surface area contributed by atoms with Gasteiger partial charge in [-0.1, -0.05) is 19.8 Å². The minimum atomic E-state index is -0.849.